The third-order valence-corrected chi connectivity index (χ3v) is 7.38. The second-order valence-electron chi connectivity index (χ2n) is 9.01. The SMILES string of the molecule is CN(C)C1(c2ccccc2)CCC2(CCN(CCC3COC3)C2)CC1. The summed E-state index contributed by atoms with van der Waals surface area (Å²) in [5, 5.41) is 0. The van der Waals surface area contributed by atoms with Gasteiger partial charge < -0.3 is 9.64 Å². The van der Waals surface area contributed by atoms with Crippen molar-refractivity contribution in [3.63, 3.8) is 0 Å². The van der Waals surface area contributed by atoms with E-state index in [1.54, 1.807) is 0 Å². The van der Waals surface area contributed by atoms with Crippen molar-refractivity contribution >= 4 is 0 Å². The van der Waals surface area contributed by atoms with Crippen LogP contribution in [-0.2, 0) is 10.3 Å². The molecule has 0 atom stereocenters. The number of hydrogen-bond acceptors (Lipinski definition) is 3. The van der Waals surface area contributed by atoms with E-state index < -0.39 is 0 Å². The first-order valence-corrected chi connectivity index (χ1v) is 10.2. The van der Waals surface area contributed by atoms with Gasteiger partial charge in [-0.05, 0) is 76.7 Å². The van der Waals surface area contributed by atoms with Crippen LogP contribution in [0.5, 0.6) is 0 Å². The summed E-state index contributed by atoms with van der Waals surface area (Å²) >= 11 is 0. The molecule has 0 radical (unpaired) electrons. The molecule has 0 aromatic heterocycles. The number of likely N-dealkylation sites (tertiary alicyclic amines) is 1. The molecule has 1 aromatic carbocycles. The van der Waals surface area contributed by atoms with E-state index in [1.807, 2.05) is 0 Å². The Kier molecular flexibility index (Phi) is 4.91. The lowest BCUT2D eigenvalue weighted by atomic mass is 9.64. The normalized spacial score (nSPS) is 33.9. The van der Waals surface area contributed by atoms with Gasteiger partial charge in [0, 0.05) is 18.0 Å². The quantitative estimate of drug-likeness (QED) is 0.810. The largest absolute Gasteiger partial charge is 0.381 e. The molecule has 3 fully saturated rings. The molecule has 2 aliphatic heterocycles. The van der Waals surface area contributed by atoms with Crippen molar-refractivity contribution in [2.45, 2.75) is 44.1 Å². The predicted molar refractivity (Wildman–Crippen MR) is 103 cm³/mol. The van der Waals surface area contributed by atoms with Crippen LogP contribution in [0.3, 0.4) is 0 Å². The zero-order chi connectivity index (χ0) is 17.3. The molecule has 3 heteroatoms. The zero-order valence-electron chi connectivity index (χ0n) is 16.0. The Balaban J connectivity index is 1.38. The second kappa shape index (κ2) is 7.02. The maximum Gasteiger partial charge on any atom is 0.0516 e. The van der Waals surface area contributed by atoms with Gasteiger partial charge in [-0.2, -0.15) is 0 Å². The summed E-state index contributed by atoms with van der Waals surface area (Å²) in [5.41, 5.74) is 2.34. The third kappa shape index (κ3) is 3.39. The summed E-state index contributed by atoms with van der Waals surface area (Å²) < 4.78 is 5.32. The molecule has 3 aliphatic rings. The molecule has 3 nitrogen and oxygen atoms in total. The van der Waals surface area contributed by atoms with Crippen molar-refractivity contribution in [2.24, 2.45) is 11.3 Å². The lowest BCUT2D eigenvalue weighted by Gasteiger charge is -2.49. The summed E-state index contributed by atoms with van der Waals surface area (Å²) in [4.78, 5) is 5.22. The van der Waals surface area contributed by atoms with Crippen molar-refractivity contribution in [1.29, 1.82) is 0 Å². The Morgan fingerprint density at radius 1 is 1.04 bits per heavy atom. The van der Waals surface area contributed by atoms with E-state index in [2.05, 4.69) is 54.2 Å². The van der Waals surface area contributed by atoms with Crippen LogP contribution in [0.2, 0.25) is 0 Å². The Morgan fingerprint density at radius 2 is 1.76 bits per heavy atom. The molecule has 1 spiro atoms. The predicted octanol–water partition coefficient (Wildman–Crippen LogP) is 3.75. The number of rotatable bonds is 5. The smallest absolute Gasteiger partial charge is 0.0516 e. The topological polar surface area (TPSA) is 15.7 Å². The Morgan fingerprint density at radius 3 is 2.36 bits per heavy atom. The van der Waals surface area contributed by atoms with Crippen LogP contribution in [-0.4, -0.2) is 56.7 Å². The van der Waals surface area contributed by atoms with Crippen molar-refractivity contribution in [1.82, 2.24) is 9.80 Å². The van der Waals surface area contributed by atoms with E-state index in [-0.39, 0.29) is 5.54 Å². The first-order chi connectivity index (χ1) is 12.1. The van der Waals surface area contributed by atoms with Gasteiger partial charge in [0.2, 0.25) is 0 Å². The average Bonchev–Trinajstić information content (AvgIpc) is 2.98. The summed E-state index contributed by atoms with van der Waals surface area (Å²) in [6.07, 6.45) is 8.10. The van der Waals surface area contributed by atoms with Crippen LogP contribution < -0.4 is 0 Å². The van der Waals surface area contributed by atoms with Crippen molar-refractivity contribution in [3.05, 3.63) is 35.9 Å². The minimum atomic E-state index is 0.239. The minimum Gasteiger partial charge on any atom is -0.381 e. The van der Waals surface area contributed by atoms with Gasteiger partial charge in [0.15, 0.2) is 0 Å². The highest BCUT2D eigenvalue weighted by Gasteiger charge is 2.47. The van der Waals surface area contributed by atoms with Crippen molar-refractivity contribution in [2.75, 3.05) is 46.9 Å². The van der Waals surface area contributed by atoms with Crippen LogP contribution in [0.15, 0.2) is 30.3 Å². The van der Waals surface area contributed by atoms with E-state index >= 15 is 0 Å². The molecule has 1 aliphatic carbocycles. The van der Waals surface area contributed by atoms with Crippen LogP contribution >= 0.6 is 0 Å². The lowest BCUT2D eigenvalue weighted by molar-refractivity contribution is -0.0389. The van der Waals surface area contributed by atoms with Gasteiger partial charge in [-0.3, -0.25) is 4.90 Å². The van der Waals surface area contributed by atoms with Crippen LogP contribution in [0, 0.1) is 11.3 Å². The summed E-state index contributed by atoms with van der Waals surface area (Å²) in [7, 11) is 4.54. The van der Waals surface area contributed by atoms with Gasteiger partial charge >= 0.3 is 0 Å². The summed E-state index contributed by atoms with van der Waals surface area (Å²) in [5.74, 6) is 0.836. The van der Waals surface area contributed by atoms with Crippen LogP contribution in [0.25, 0.3) is 0 Å². The van der Waals surface area contributed by atoms with E-state index in [0.717, 1.165) is 19.1 Å². The first kappa shape index (κ1) is 17.5. The molecule has 0 N–H and O–H groups in total. The number of benzene rings is 1. The van der Waals surface area contributed by atoms with Crippen LogP contribution in [0.1, 0.15) is 44.1 Å². The molecule has 1 aromatic rings. The Bertz CT molecular complexity index is 559. The zero-order valence-corrected chi connectivity index (χ0v) is 16.0. The molecule has 0 amide bonds. The number of nitrogens with zero attached hydrogens (tertiary/aromatic N) is 2. The Hall–Kier alpha value is -0.900. The van der Waals surface area contributed by atoms with Crippen molar-refractivity contribution < 1.29 is 4.74 Å². The fraction of sp³-hybridized carbons (Fsp3) is 0.727. The molecule has 0 bridgehead atoms. The number of ether oxygens (including phenoxy) is 1. The molecular weight excluding hydrogens is 308 g/mol. The van der Waals surface area contributed by atoms with Gasteiger partial charge in [0.25, 0.3) is 0 Å². The van der Waals surface area contributed by atoms with Gasteiger partial charge in [-0.25, -0.2) is 0 Å². The maximum atomic E-state index is 5.32. The molecular formula is C22H34N2O. The highest BCUT2D eigenvalue weighted by atomic mass is 16.5. The van der Waals surface area contributed by atoms with E-state index in [1.165, 1.54) is 63.7 Å². The van der Waals surface area contributed by atoms with Crippen molar-refractivity contribution in [3.8, 4) is 0 Å². The minimum absolute atomic E-state index is 0.239. The molecule has 2 saturated heterocycles. The second-order valence-corrected chi connectivity index (χ2v) is 9.01. The summed E-state index contributed by atoms with van der Waals surface area (Å²) in [6, 6.07) is 11.2. The van der Waals surface area contributed by atoms with E-state index in [9.17, 15) is 0 Å². The molecule has 1 saturated carbocycles. The molecule has 2 heterocycles. The standard InChI is InChI=1S/C22H34N2O/c1-23(2)22(20-6-4-3-5-7-20)11-9-21(10-12-22)13-15-24(18-21)14-8-19-16-25-17-19/h3-7,19H,8-18H2,1-2H3. The van der Waals surface area contributed by atoms with Gasteiger partial charge in [0.1, 0.15) is 0 Å². The van der Waals surface area contributed by atoms with E-state index in [0.29, 0.717) is 5.41 Å². The van der Waals surface area contributed by atoms with Gasteiger partial charge in [0.05, 0.1) is 13.2 Å². The third-order valence-electron chi connectivity index (χ3n) is 7.38. The monoisotopic (exact) mass is 342 g/mol. The summed E-state index contributed by atoms with van der Waals surface area (Å²) in [6.45, 7) is 5.93. The maximum absolute atomic E-state index is 5.32. The first-order valence-electron chi connectivity index (χ1n) is 10.2. The van der Waals surface area contributed by atoms with E-state index in [4.69, 9.17) is 4.74 Å². The van der Waals surface area contributed by atoms with Gasteiger partial charge in [-0.1, -0.05) is 30.3 Å². The number of hydrogen-bond donors (Lipinski definition) is 0. The average molecular weight is 343 g/mol. The fourth-order valence-electron chi connectivity index (χ4n) is 5.38. The fourth-order valence-corrected chi connectivity index (χ4v) is 5.38. The highest BCUT2D eigenvalue weighted by molar-refractivity contribution is 5.26. The lowest BCUT2D eigenvalue weighted by Crippen LogP contribution is -2.47. The molecule has 25 heavy (non-hydrogen) atoms. The molecule has 4 rings (SSSR count). The highest BCUT2D eigenvalue weighted by Crippen LogP contribution is 2.51. The Labute approximate surface area is 153 Å². The molecule has 0 unspecified atom stereocenters. The molecule has 138 valence electrons. The van der Waals surface area contributed by atoms with Gasteiger partial charge in [-0.15, -0.1) is 0 Å². The van der Waals surface area contributed by atoms with Crippen LogP contribution in [0.4, 0.5) is 0 Å².